The molecule has 8 nitrogen and oxygen atoms in total. The van der Waals surface area contributed by atoms with Crippen LogP contribution in [0.5, 0.6) is 11.5 Å². The Morgan fingerprint density at radius 1 is 0.796 bits per heavy atom. The molecule has 9 rings (SSSR count). The lowest BCUT2D eigenvalue weighted by Crippen LogP contribution is -2.51. The van der Waals surface area contributed by atoms with Crippen LogP contribution < -0.4 is 19.7 Å². The van der Waals surface area contributed by atoms with Gasteiger partial charge in [-0.05, 0) is 52.6 Å². The standard InChI is InChI=1S/C41H30N2O6/c44-37(28-19-21-32-33(23-28)48-24-47-32)35-36(39(45)49-38(26-12-3-1-4-13-26)27-14-5-2-6-15-27)43-31-18-10-7-11-25(31)20-22-34(43)41(35)29-16-8-9-17-30(29)42-40(41)46/h1-23,34-36,38H,24H2,(H,42,46)/t34-,35-,36-,41-/m1/s1. The van der Waals surface area contributed by atoms with Crippen LogP contribution in [-0.4, -0.2) is 36.5 Å². The predicted octanol–water partition coefficient (Wildman–Crippen LogP) is 6.72. The van der Waals surface area contributed by atoms with Gasteiger partial charge in [-0.3, -0.25) is 9.59 Å². The van der Waals surface area contributed by atoms with Crippen molar-refractivity contribution in [3.05, 3.63) is 161 Å². The lowest BCUT2D eigenvalue weighted by atomic mass is 9.64. The van der Waals surface area contributed by atoms with E-state index in [4.69, 9.17) is 14.2 Å². The summed E-state index contributed by atoms with van der Waals surface area (Å²) >= 11 is 0. The Labute approximate surface area is 282 Å². The highest BCUT2D eigenvalue weighted by atomic mass is 16.7. The van der Waals surface area contributed by atoms with Crippen molar-refractivity contribution in [2.24, 2.45) is 5.92 Å². The van der Waals surface area contributed by atoms with Crippen LogP contribution >= 0.6 is 0 Å². The van der Waals surface area contributed by atoms with Gasteiger partial charge >= 0.3 is 5.97 Å². The van der Waals surface area contributed by atoms with E-state index in [-0.39, 0.29) is 18.5 Å². The van der Waals surface area contributed by atoms with Crippen molar-refractivity contribution in [3.63, 3.8) is 0 Å². The molecule has 4 atom stereocenters. The van der Waals surface area contributed by atoms with Gasteiger partial charge in [0.2, 0.25) is 12.7 Å². The maximum absolute atomic E-state index is 15.2. The predicted molar refractivity (Wildman–Crippen MR) is 183 cm³/mol. The highest BCUT2D eigenvalue weighted by Crippen LogP contribution is 2.58. The zero-order valence-electron chi connectivity index (χ0n) is 26.2. The monoisotopic (exact) mass is 646 g/mol. The fourth-order valence-electron chi connectivity index (χ4n) is 8.09. The molecule has 0 radical (unpaired) electrons. The van der Waals surface area contributed by atoms with Crippen LogP contribution in [0, 0.1) is 5.92 Å². The molecule has 0 bridgehead atoms. The third kappa shape index (κ3) is 4.33. The van der Waals surface area contributed by atoms with Gasteiger partial charge in [0.25, 0.3) is 0 Å². The molecule has 240 valence electrons. The van der Waals surface area contributed by atoms with Crippen molar-refractivity contribution in [1.82, 2.24) is 0 Å². The normalized spacial score (nSPS) is 22.4. The van der Waals surface area contributed by atoms with Gasteiger partial charge in [0.15, 0.2) is 23.4 Å². The van der Waals surface area contributed by atoms with Crippen LogP contribution in [0.15, 0.2) is 133 Å². The van der Waals surface area contributed by atoms with Crippen molar-refractivity contribution < 1.29 is 28.6 Å². The number of esters is 1. The largest absolute Gasteiger partial charge is 0.454 e. The average molecular weight is 647 g/mol. The van der Waals surface area contributed by atoms with Crippen molar-refractivity contribution >= 4 is 35.1 Å². The molecule has 4 aliphatic rings. The van der Waals surface area contributed by atoms with Crippen LogP contribution in [0.1, 0.15) is 38.7 Å². The minimum atomic E-state index is -1.47. The summed E-state index contributed by atoms with van der Waals surface area (Å²) in [6.07, 6.45) is 3.16. The SMILES string of the molecule is O=C(OC(c1ccccc1)c1ccccc1)[C@H]1[C@H](C(=O)c2ccc3c(c2)OCO3)[C@]2(C(=O)Nc3ccccc32)[C@H]2C=Cc3ccccc3N12. The molecule has 1 saturated heterocycles. The molecule has 0 aromatic heterocycles. The lowest BCUT2D eigenvalue weighted by molar-refractivity contribution is -0.150. The minimum absolute atomic E-state index is 0.0445. The Hall–Kier alpha value is -6.15. The fraction of sp³-hybridized carbons (Fsp3) is 0.146. The number of rotatable bonds is 6. The van der Waals surface area contributed by atoms with E-state index in [0.29, 0.717) is 28.3 Å². The summed E-state index contributed by atoms with van der Waals surface area (Å²) in [7, 11) is 0. The molecule has 8 heteroatoms. The number of ether oxygens (including phenoxy) is 3. The zero-order valence-corrected chi connectivity index (χ0v) is 26.2. The van der Waals surface area contributed by atoms with Crippen molar-refractivity contribution in [2.45, 2.75) is 23.6 Å². The number of para-hydroxylation sites is 2. The van der Waals surface area contributed by atoms with Gasteiger partial charge in [-0.2, -0.15) is 0 Å². The lowest BCUT2D eigenvalue weighted by Gasteiger charge is -2.37. The first-order chi connectivity index (χ1) is 24.1. The van der Waals surface area contributed by atoms with Crippen LogP contribution in [0.2, 0.25) is 0 Å². The first-order valence-corrected chi connectivity index (χ1v) is 16.3. The molecule has 49 heavy (non-hydrogen) atoms. The number of ketones is 1. The van der Waals surface area contributed by atoms with Gasteiger partial charge < -0.3 is 24.4 Å². The highest BCUT2D eigenvalue weighted by Gasteiger charge is 2.71. The molecule has 4 heterocycles. The summed E-state index contributed by atoms with van der Waals surface area (Å²) in [6, 6.07) is 37.4. The van der Waals surface area contributed by atoms with E-state index < -0.39 is 35.5 Å². The Morgan fingerprint density at radius 2 is 1.47 bits per heavy atom. The first-order valence-electron chi connectivity index (χ1n) is 16.3. The Balaban J connectivity index is 1.26. The quantitative estimate of drug-likeness (QED) is 0.162. The Morgan fingerprint density at radius 3 is 2.24 bits per heavy atom. The van der Waals surface area contributed by atoms with E-state index in [1.54, 1.807) is 18.2 Å². The third-order valence-corrected chi connectivity index (χ3v) is 10.2. The molecule has 1 amide bonds. The number of nitrogens with zero attached hydrogens (tertiary/aromatic N) is 1. The smallest absolute Gasteiger partial charge is 0.330 e. The molecular weight excluding hydrogens is 616 g/mol. The molecule has 5 aromatic rings. The van der Waals surface area contributed by atoms with Crippen molar-refractivity contribution in [3.8, 4) is 11.5 Å². The average Bonchev–Trinajstić information content (AvgIpc) is 3.84. The first kappa shape index (κ1) is 29.0. The second-order valence-electron chi connectivity index (χ2n) is 12.6. The molecule has 4 aliphatic heterocycles. The maximum Gasteiger partial charge on any atom is 0.330 e. The number of amides is 1. The molecule has 0 unspecified atom stereocenters. The van der Waals surface area contributed by atoms with E-state index in [1.807, 2.05) is 126 Å². The van der Waals surface area contributed by atoms with E-state index in [0.717, 1.165) is 22.4 Å². The van der Waals surface area contributed by atoms with E-state index in [2.05, 4.69) is 5.32 Å². The van der Waals surface area contributed by atoms with Crippen molar-refractivity contribution in [2.75, 3.05) is 17.0 Å². The van der Waals surface area contributed by atoms with E-state index in [9.17, 15) is 4.79 Å². The maximum atomic E-state index is 15.2. The number of hydrogen-bond donors (Lipinski definition) is 1. The fourth-order valence-corrected chi connectivity index (χ4v) is 8.09. The molecule has 0 aliphatic carbocycles. The summed E-state index contributed by atoms with van der Waals surface area (Å²) in [5, 5.41) is 3.07. The summed E-state index contributed by atoms with van der Waals surface area (Å²) in [6.45, 7) is 0.0445. The Bertz CT molecular complexity index is 2130. The molecule has 0 saturated carbocycles. The number of carbonyl (C=O) groups is 3. The molecule has 5 aromatic carbocycles. The highest BCUT2D eigenvalue weighted by molar-refractivity contribution is 6.16. The van der Waals surface area contributed by atoms with Crippen LogP contribution in [-0.2, 0) is 19.7 Å². The van der Waals surface area contributed by atoms with Gasteiger partial charge in [-0.1, -0.05) is 109 Å². The van der Waals surface area contributed by atoms with Gasteiger partial charge in [0.05, 0.1) is 12.0 Å². The number of fused-ring (bicyclic) bond motifs is 7. The minimum Gasteiger partial charge on any atom is -0.454 e. The van der Waals surface area contributed by atoms with Gasteiger partial charge in [0, 0.05) is 16.9 Å². The van der Waals surface area contributed by atoms with Crippen LogP contribution in [0.3, 0.4) is 0 Å². The van der Waals surface area contributed by atoms with E-state index in [1.165, 1.54) is 0 Å². The third-order valence-electron chi connectivity index (χ3n) is 10.2. The number of benzene rings is 5. The topological polar surface area (TPSA) is 94.2 Å². The number of Topliss-reactive ketones (excluding diaryl/α,β-unsaturated/α-hetero) is 1. The molecule has 1 spiro atoms. The number of carbonyl (C=O) groups excluding carboxylic acids is 3. The van der Waals surface area contributed by atoms with Crippen LogP contribution in [0.25, 0.3) is 6.08 Å². The second kappa shape index (κ2) is 11.2. The summed E-state index contributed by atoms with van der Waals surface area (Å²) in [5.74, 6) is -1.55. The number of nitrogens with one attached hydrogen (secondary N) is 1. The van der Waals surface area contributed by atoms with Gasteiger partial charge in [0.1, 0.15) is 11.5 Å². The Kier molecular flexibility index (Phi) is 6.65. The second-order valence-corrected chi connectivity index (χ2v) is 12.6. The van der Waals surface area contributed by atoms with Gasteiger partial charge in [-0.25, -0.2) is 4.79 Å². The van der Waals surface area contributed by atoms with Crippen molar-refractivity contribution in [1.29, 1.82) is 0 Å². The molecule has 1 N–H and O–H groups in total. The summed E-state index contributed by atoms with van der Waals surface area (Å²) in [4.78, 5) is 47.0. The number of hydrogen-bond acceptors (Lipinski definition) is 7. The number of anilines is 2. The van der Waals surface area contributed by atoms with Gasteiger partial charge in [-0.15, -0.1) is 0 Å². The van der Waals surface area contributed by atoms with Crippen LogP contribution in [0.4, 0.5) is 11.4 Å². The molecular formula is C41H30N2O6. The molecule has 1 fully saturated rings. The summed E-state index contributed by atoms with van der Waals surface area (Å²) < 4.78 is 17.7. The van der Waals surface area contributed by atoms with E-state index >= 15 is 9.59 Å². The summed E-state index contributed by atoms with van der Waals surface area (Å²) in [5.41, 5.74) is 3.30. The zero-order chi connectivity index (χ0) is 33.1.